The van der Waals surface area contributed by atoms with Crippen LogP contribution in [0.25, 0.3) is 0 Å². The van der Waals surface area contributed by atoms with Crippen molar-refractivity contribution in [3.05, 3.63) is 23.9 Å². The van der Waals surface area contributed by atoms with Crippen molar-refractivity contribution in [3.8, 4) is 5.88 Å². The zero-order chi connectivity index (χ0) is 12.8. The van der Waals surface area contributed by atoms with Crippen molar-refractivity contribution in [2.24, 2.45) is 0 Å². The van der Waals surface area contributed by atoms with Crippen LogP contribution in [-0.4, -0.2) is 42.7 Å². The smallest absolute Gasteiger partial charge is 0.218 e. The molecule has 0 bridgehead atoms. The highest BCUT2D eigenvalue weighted by molar-refractivity contribution is 5.25. The van der Waals surface area contributed by atoms with Crippen molar-refractivity contribution < 1.29 is 4.74 Å². The molecule has 2 rings (SSSR count). The summed E-state index contributed by atoms with van der Waals surface area (Å²) in [5.74, 6) is 0.793. The Hall–Kier alpha value is -1.13. The van der Waals surface area contributed by atoms with Crippen LogP contribution >= 0.6 is 0 Å². The predicted molar refractivity (Wildman–Crippen MR) is 72.8 cm³/mol. The zero-order valence-corrected chi connectivity index (χ0v) is 11.4. The number of aromatic nitrogens is 1. The number of hydrogen-bond donors (Lipinski definition) is 1. The maximum absolute atomic E-state index is 6.01. The van der Waals surface area contributed by atoms with E-state index in [9.17, 15) is 0 Å². The molecule has 1 aromatic rings. The van der Waals surface area contributed by atoms with E-state index in [1.54, 1.807) is 6.20 Å². The van der Waals surface area contributed by atoms with Gasteiger partial charge in [0, 0.05) is 31.4 Å². The van der Waals surface area contributed by atoms with Gasteiger partial charge in [-0.05, 0) is 32.5 Å². The van der Waals surface area contributed by atoms with Crippen LogP contribution < -0.4 is 10.1 Å². The third kappa shape index (κ3) is 3.68. The Labute approximate surface area is 109 Å². The summed E-state index contributed by atoms with van der Waals surface area (Å²) >= 11 is 0. The van der Waals surface area contributed by atoms with Crippen LogP contribution in [0.3, 0.4) is 0 Å². The van der Waals surface area contributed by atoms with Gasteiger partial charge in [0.2, 0.25) is 5.88 Å². The molecular formula is C14H23N3O. The second-order valence-electron chi connectivity index (χ2n) is 4.94. The van der Waals surface area contributed by atoms with E-state index in [0.717, 1.165) is 50.5 Å². The van der Waals surface area contributed by atoms with E-state index >= 15 is 0 Å². The number of likely N-dealkylation sites (tertiary alicyclic amines) is 1. The minimum absolute atomic E-state index is 0.287. The first-order chi connectivity index (χ1) is 8.79. The summed E-state index contributed by atoms with van der Waals surface area (Å²) < 4.78 is 6.01. The lowest BCUT2D eigenvalue weighted by Crippen LogP contribution is -2.23. The van der Waals surface area contributed by atoms with Gasteiger partial charge < -0.3 is 15.0 Å². The Morgan fingerprint density at radius 3 is 3.17 bits per heavy atom. The summed E-state index contributed by atoms with van der Waals surface area (Å²) in [4.78, 5) is 6.66. The van der Waals surface area contributed by atoms with Crippen LogP contribution in [0.5, 0.6) is 5.88 Å². The standard InChI is InChI=1S/C14H23N3O/c1-3-7-15-10-12-5-4-8-16-14(12)18-13-6-9-17(2)11-13/h4-5,8,13,15H,3,6-7,9-11H2,1-2H3. The third-order valence-corrected chi connectivity index (χ3v) is 3.22. The van der Waals surface area contributed by atoms with E-state index in [1.165, 1.54) is 0 Å². The monoisotopic (exact) mass is 249 g/mol. The third-order valence-electron chi connectivity index (χ3n) is 3.22. The van der Waals surface area contributed by atoms with Gasteiger partial charge in [-0.15, -0.1) is 0 Å². The van der Waals surface area contributed by atoms with Crippen LogP contribution in [0.1, 0.15) is 25.3 Å². The van der Waals surface area contributed by atoms with Crippen LogP contribution in [0.2, 0.25) is 0 Å². The Morgan fingerprint density at radius 1 is 1.56 bits per heavy atom. The van der Waals surface area contributed by atoms with E-state index < -0.39 is 0 Å². The number of pyridine rings is 1. The first kappa shape index (κ1) is 13.3. The SMILES string of the molecule is CCCNCc1cccnc1OC1CCN(C)C1. The van der Waals surface area contributed by atoms with Gasteiger partial charge in [-0.1, -0.05) is 13.0 Å². The zero-order valence-electron chi connectivity index (χ0n) is 11.4. The molecule has 1 aliphatic rings. The molecule has 0 aliphatic carbocycles. The predicted octanol–water partition coefficient (Wildman–Crippen LogP) is 1.66. The Morgan fingerprint density at radius 2 is 2.44 bits per heavy atom. The average molecular weight is 249 g/mol. The molecule has 0 amide bonds. The molecule has 0 aromatic carbocycles. The van der Waals surface area contributed by atoms with Gasteiger partial charge in [0.05, 0.1) is 0 Å². The minimum Gasteiger partial charge on any atom is -0.473 e. The topological polar surface area (TPSA) is 37.4 Å². The van der Waals surface area contributed by atoms with E-state index in [-0.39, 0.29) is 6.10 Å². The molecule has 18 heavy (non-hydrogen) atoms. The first-order valence-corrected chi connectivity index (χ1v) is 6.79. The molecule has 2 heterocycles. The molecule has 0 saturated carbocycles. The van der Waals surface area contributed by atoms with E-state index in [1.807, 2.05) is 6.07 Å². The molecule has 1 aromatic heterocycles. The lowest BCUT2D eigenvalue weighted by molar-refractivity contribution is 0.197. The molecule has 100 valence electrons. The number of likely N-dealkylation sites (N-methyl/N-ethyl adjacent to an activating group) is 1. The highest BCUT2D eigenvalue weighted by Gasteiger charge is 2.22. The molecule has 0 spiro atoms. The average Bonchev–Trinajstić information content (AvgIpc) is 2.77. The summed E-state index contributed by atoms with van der Waals surface area (Å²) in [5.41, 5.74) is 1.15. The minimum atomic E-state index is 0.287. The molecular weight excluding hydrogens is 226 g/mol. The highest BCUT2D eigenvalue weighted by atomic mass is 16.5. The molecule has 1 atom stereocenters. The maximum atomic E-state index is 6.01. The lowest BCUT2D eigenvalue weighted by atomic mass is 10.2. The summed E-state index contributed by atoms with van der Waals surface area (Å²) in [5, 5.41) is 3.40. The Balaban J connectivity index is 1.94. The first-order valence-electron chi connectivity index (χ1n) is 6.79. The molecule has 1 aliphatic heterocycles. The van der Waals surface area contributed by atoms with Gasteiger partial charge in [-0.3, -0.25) is 0 Å². The van der Waals surface area contributed by atoms with E-state index in [0.29, 0.717) is 0 Å². The largest absolute Gasteiger partial charge is 0.473 e. The fraction of sp³-hybridized carbons (Fsp3) is 0.643. The Bertz CT molecular complexity index is 370. The van der Waals surface area contributed by atoms with Gasteiger partial charge >= 0.3 is 0 Å². The van der Waals surface area contributed by atoms with Crippen LogP contribution in [0.15, 0.2) is 18.3 Å². The molecule has 1 saturated heterocycles. The maximum Gasteiger partial charge on any atom is 0.218 e. The molecule has 4 nitrogen and oxygen atoms in total. The fourth-order valence-electron chi connectivity index (χ4n) is 2.21. The summed E-state index contributed by atoms with van der Waals surface area (Å²) in [7, 11) is 2.13. The van der Waals surface area contributed by atoms with Crippen LogP contribution in [0.4, 0.5) is 0 Å². The van der Waals surface area contributed by atoms with E-state index in [4.69, 9.17) is 4.74 Å². The van der Waals surface area contributed by atoms with Crippen molar-refractivity contribution in [1.82, 2.24) is 15.2 Å². The normalized spacial score (nSPS) is 20.2. The number of nitrogens with zero attached hydrogens (tertiary/aromatic N) is 2. The van der Waals surface area contributed by atoms with Gasteiger partial charge in [0.25, 0.3) is 0 Å². The fourth-order valence-corrected chi connectivity index (χ4v) is 2.21. The number of ether oxygens (including phenoxy) is 1. The van der Waals surface area contributed by atoms with Crippen molar-refractivity contribution in [3.63, 3.8) is 0 Å². The van der Waals surface area contributed by atoms with Crippen molar-refractivity contribution in [2.75, 3.05) is 26.7 Å². The van der Waals surface area contributed by atoms with Crippen molar-refractivity contribution >= 4 is 0 Å². The Kier molecular flexibility index (Phi) is 4.96. The van der Waals surface area contributed by atoms with Crippen molar-refractivity contribution in [1.29, 1.82) is 0 Å². The summed E-state index contributed by atoms with van der Waals surface area (Å²) in [6.07, 6.45) is 4.32. The molecule has 1 unspecified atom stereocenters. The molecule has 1 N–H and O–H groups in total. The van der Waals surface area contributed by atoms with Gasteiger partial charge in [0.15, 0.2) is 0 Å². The molecule has 1 fully saturated rings. The van der Waals surface area contributed by atoms with Crippen molar-refractivity contribution in [2.45, 2.75) is 32.4 Å². The number of rotatable bonds is 6. The second kappa shape index (κ2) is 6.71. The highest BCUT2D eigenvalue weighted by Crippen LogP contribution is 2.19. The van der Waals surface area contributed by atoms with Crippen LogP contribution in [-0.2, 0) is 6.54 Å². The quantitative estimate of drug-likeness (QED) is 0.778. The van der Waals surface area contributed by atoms with Gasteiger partial charge in [-0.25, -0.2) is 4.98 Å². The number of hydrogen-bond acceptors (Lipinski definition) is 4. The molecule has 4 heteroatoms. The van der Waals surface area contributed by atoms with Crippen LogP contribution in [0, 0.1) is 0 Å². The molecule has 0 radical (unpaired) electrons. The summed E-state index contributed by atoms with van der Waals surface area (Å²) in [6.45, 7) is 6.14. The second-order valence-corrected chi connectivity index (χ2v) is 4.94. The lowest BCUT2D eigenvalue weighted by Gasteiger charge is -2.15. The summed E-state index contributed by atoms with van der Waals surface area (Å²) in [6, 6.07) is 4.06. The van der Waals surface area contributed by atoms with E-state index in [2.05, 4.69) is 35.2 Å². The van der Waals surface area contributed by atoms with Gasteiger partial charge in [0.1, 0.15) is 6.10 Å². The number of nitrogens with one attached hydrogen (secondary N) is 1. The van der Waals surface area contributed by atoms with Gasteiger partial charge in [-0.2, -0.15) is 0 Å².